The van der Waals surface area contributed by atoms with E-state index in [9.17, 15) is 4.79 Å². The molecule has 0 atom stereocenters. The predicted molar refractivity (Wildman–Crippen MR) is 92.9 cm³/mol. The Bertz CT molecular complexity index is 1000. The highest BCUT2D eigenvalue weighted by Crippen LogP contribution is 2.34. The number of aromatic amines is 1. The molecule has 0 aliphatic carbocycles. The number of carbonyl (C=O) groups is 1. The van der Waals surface area contributed by atoms with Gasteiger partial charge in [-0.15, -0.1) is 11.3 Å². The van der Waals surface area contributed by atoms with Crippen LogP contribution in [0.1, 0.15) is 17.4 Å². The van der Waals surface area contributed by atoms with E-state index in [2.05, 4.69) is 9.97 Å². The molecule has 0 fully saturated rings. The summed E-state index contributed by atoms with van der Waals surface area (Å²) in [5.41, 5.74) is 3.11. The van der Waals surface area contributed by atoms with E-state index in [1.54, 1.807) is 18.3 Å². The Balaban J connectivity index is 2.06. The topological polar surface area (TPSA) is 55.0 Å². The molecule has 3 heterocycles. The van der Waals surface area contributed by atoms with Gasteiger partial charge in [0.15, 0.2) is 0 Å². The Hall–Kier alpha value is -2.66. The summed E-state index contributed by atoms with van der Waals surface area (Å²) in [5, 5.41) is 4.07. The van der Waals surface area contributed by atoms with Crippen molar-refractivity contribution in [2.75, 3.05) is 6.61 Å². The van der Waals surface area contributed by atoms with E-state index in [1.807, 2.05) is 47.8 Å². The molecule has 0 aliphatic heterocycles. The van der Waals surface area contributed by atoms with Crippen LogP contribution in [0.15, 0.2) is 47.8 Å². The van der Waals surface area contributed by atoms with Crippen LogP contribution in [0.2, 0.25) is 0 Å². The number of rotatable bonds is 3. The fraction of sp³-hybridized carbons (Fsp3) is 0.111. The van der Waals surface area contributed by atoms with Crippen molar-refractivity contribution >= 4 is 39.1 Å². The van der Waals surface area contributed by atoms with Crippen molar-refractivity contribution < 1.29 is 9.53 Å². The van der Waals surface area contributed by atoms with Crippen molar-refractivity contribution in [2.45, 2.75) is 6.92 Å². The van der Waals surface area contributed by atoms with Crippen LogP contribution in [-0.2, 0) is 4.74 Å². The maximum Gasteiger partial charge on any atom is 0.356 e. The van der Waals surface area contributed by atoms with Gasteiger partial charge in [-0.1, -0.05) is 24.3 Å². The summed E-state index contributed by atoms with van der Waals surface area (Å²) in [5.74, 6) is -0.391. The maximum atomic E-state index is 12.2. The van der Waals surface area contributed by atoms with Crippen LogP contribution in [0.4, 0.5) is 0 Å². The number of para-hydroxylation sites is 1. The summed E-state index contributed by atoms with van der Waals surface area (Å²) in [6.45, 7) is 2.13. The molecular weight excluding hydrogens is 308 g/mol. The third kappa shape index (κ3) is 2.29. The van der Waals surface area contributed by atoms with Gasteiger partial charge in [0.25, 0.3) is 0 Å². The number of aromatic nitrogens is 2. The molecule has 0 spiro atoms. The molecule has 4 rings (SSSR count). The number of hydrogen-bond acceptors (Lipinski definition) is 4. The lowest BCUT2D eigenvalue weighted by Gasteiger charge is -2.05. The molecule has 0 saturated carbocycles. The average Bonchev–Trinajstić information content (AvgIpc) is 3.22. The third-order valence-electron chi connectivity index (χ3n) is 3.74. The van der Waals surface area contributed by atoms with Gasteiger partial charge in [-0.25, -0.2) is 9.78 Å². The highest BCUT2D eigenvalue weighted by atomic mass is 32.1. The first-order valence-electron chi connectivity index (χ1n) is 7.40. The zero-order chi connectivity index (χ0) is 15.8. The van der Waals surface area contributed by atoms with E-state index in [-0.39, 0.29) is 0 Å². The van der Waals surface area contributed by atoms with Crippen LogP contribution >= 0.6 is 11.3 Å². The molecule has 1 N–H and O–H groups in total. The molecule has 1 aromatic carbocycles. The summed E-state index contributed by atoms with van der Waals surface area (Å²) in [4.78, 5) is 21.2. The number of fused-ring (bicyclic) bond motifs is 3. The van der Waals surface area contributed by atoms with Crippen LogP contribution in [0.3, 0.4) is 0 Å². The van der Waals surface area contributed by atoms with Gasteiger partial charge >= 0.3 is 5.97 Å². The van der Waals surface area contributed by atoms with Crippen LogP contribution in [0.5, 0.6) is 0 Å². The standard InChI is InChI=1S/C18H14N2O2S/c1-2-22-18(21)14-10-12-11-6-3-4-7-13(11)19-16(12)17(20-14)15-8-5-9-23-15/h3-10,19H,2H2,1H3. The Labute approximate surface area is 136 Å². The van der Waals surface area contributed by atoms with Gasteiger partial charge in [0.05, 0.1) is 17.0 Å². The van der Waals surface area contributed by atoms with E-state index in [1.165, 1.54) is 0 Å². The second-order valence-corrected chi connectivity index (χ2v) is 6.09. The molecule has 114 valence electrons. The van der Waals surface area contributed by atoms with E-state index < -0.39 is 5.97 Å². The quantitative estimate of drug-likeness (QED) is 0.560. The number of carbonyl (C=O) groups excluding carboxylic acids is 1. The maximum absolute atomic E-state index is 12.2. The minimum Gasteiger partial charge on any atom is -0.461 e. The molecule has 4 nitrogen and oxygen atoms in total. The number of benzene rings is 1. The fourth-order valence-electron chi connectivity index (χ4n) is 2.75. The number of nitrogens with zero attached hydrogens (tertiary/aromatic N) is 1. The molecule has 23 heavy (non-hydrogen) atoms. The largest absolute Gasteiger partial charge is 0.461 e. The highest BCUT2D eigenvalue weighted by molar-refractivity contribution is 7.13. The lowest BCUT2D eigenvalue weighted by atomic mass is 10.1. The molecular formula is C18H14N2O2S. The Morgan fingerprint density at radius 3 is 2.87 bits per heavy atom. The molecule has 3 aromatic heterocycles. The van der Waals surface area contributed by atoms with E-state index >= 15 is 0 Å². The summed E-state index contributed by atoms with van der Waals surface area (Å²) >= 11 is 1.60. The van der Waals surface area contributed by atoms with Gasteiger partial charge in [0.2, 0.25) is 0 Å². The lowest BCUT2D eigenvalue weighted by Crippen LogP contribution is -2.07. The predicted octanol–water partition coefficient (Wildman–Crippen LogP) is 4.62. The fourth-order valence-corrected chi connectivity index (χ4v) is 3.47. The number of esters is 1. The average molecular weight is 322 g/mol. The SMILES string of the molecule is CCOC(=O)c1cc2c([nH]c3ccccc32)c(-c2cccs2)n1. The highest BCUT2D eigenvalue weighted by Gasteiger charge is 2.17. The van der Waals surface area contributed by atoms with Crippen molar-refractivity contribution in [2.24, 2.45) is 0 Å². The van der Waals surface area contributed by atoms with Crippen LogP contribution in [-0.4, -0.2) is 22.5 Å². The Kier molecular flexibility index (Phi) is 3.35. The normalized spacial score (nSPS) is 11.2. The van der Waals surface area contributed by atoms with Gasteiger partial charge < -0.3 is 9.72 Å². The first-order valence-corrected chi connectivity index (χ1v) is 8.28. The molecule has 5 heteroatoms. The molecule has 0 radical (unpaired) electrons. The second-order valence-electron chi connectivity index (χ2n) is 5.15. The van der Waals surface area contributed by atoms with Crippen molar-refractivity contribution in [3.05, 3.63) is 53.5 Å². The van der Waals surface area contributed by atoms with Crippen molar-refractivity contribution in [1.82, 2.24) is 9.97 Å². The van der Waals surface area contributed by atoms with Gasteiger partial charge in [-0.2, -0.15) is 0 Å². The number of hydrogen-bond donors (Lipinski definition) is 1. The molecule has 0 unspecified atom stereocenters. The van der Waals surface area contributed by atoms with E-state index in [4.69, 9.17) is 4.74 Å². The van der Waals surface area contributed by atoms with Gasteiger partial charge in [-0.3, -0.25) is 0 Å². The number of pyridine rings is 1. The van der Waals surface area contributed by atoms with E-state index in [0.29, 0.717) is 12.3 Å². The smallest absolute Gasteiger partial charge is 0.356 e. The summed E-state index contributed by atoms with van der Waals surface area (Å²) < 4.78 is 5.13. The minimum absolute atomic E-state index is 0.334. The van der Waals surface area contributed by atoms with Gasteiger partial charge in [0, 0.05) is 16.3 Å². The van der Waals surface area contributed by atoms with Crippen LogP contribution in [0, 0.1) is 0 Å². The Morgan fingerprint density at radius 1 is 1.22 bits per heavy atom. The molecule has 4 aromatic rings. The number of H-pyrrole nitrogens is 1. The molecule has 0 saturated heterocycles. The lowest BCUT2D eigenvalue weighted by molar-refractivity contribution is 0.0520. The molecule has 0 aliphatic rings. The Morgan fingerprint density at radius 2 is 2.09 bits per heavy atom. The summed E-state index contributed by atoms with van der Waals surface area (Å²) in [6.07, 6.45) is 0. The van der Waals surface area contributed by atoms with Crippen LogP contribution in [0.25, 0.3) is 32.4 Å². The monoisotopic (exact) mass is 322 g/mol. The molecule has 0 bridgehead atoms. The first kappa shape index (κ1) is 14.0. The first-order chi connectivity index (χ1) is 11.3. The zero-order valence-electron chi connectivity index (χ0n) is 12.5. The minimum atomic E-state index is -0.391. The second kappa shape index (κ2) is 5.52. The number of nitrogens with one attached hydrogen (secondary N) is 1. The molecule has 0 amide bonds. The van der Waals surface area contributed by atoms with Crippen molar-refractivity contribution in [3.8, 4) is 10.6 Å². The zero-order valence-corrected chi connectivity index (χ0v) is 13.3. The van der Waals surface area contributed by atoms with Crippen LogP contribution < -0.4 is 0 Å². The van der Waals surface area contributed by atoms with Crippen molar-refractivity contribution in [3.63, 3.8) is 0 Å². The van der Waals surface area contributed by atoms with Crippen molar-refractivity contribution in [1.29, 1.82) is 0 Å². The summed E-state index contributed by atoms with van der Waals surface area (Å²) in [6, 6.07) is 13.8. The van der Waals surface area contributed by atoms with E-state index in [0.717, 1.165) is 32.4 Å². The third-order valence-corrected chi connectivity index (χ3v) is 4.61. The van der Waals surface area contributed by atoms with Gasteiger partial charge in [-0.05, 0) is 30.5 Å². The number of thiophene rings is 1. The number of ether oxygens (including phenoxy) is 1. The van der Waals surface area contributed by atoms with Gasteiger partial charge in [0.1, 0.15) is 11.4 Å². The summed E-state index contributed by atoms with van der Waals surface area (Å²) in [7, 11) is 0.